The van der Waals surface area contributed by atoms with Crippen LogP contribution in [0.4, 0.5) is 0 Å². The van der Waals surface area contributed by atoms with Crippen LogP contribution in [0.3, 0.4) is 0 Å². The van der Waals surface area contributed by atoms with Crippen LogP contribution in [0.2, 0.25) is 0 Å². The van der Waals surface area contributed by atoms with Crippen molar-refractivity contribution in [1.82, 2.24) is 0 Å². The van der Waals surface area contributed by atoms with Crippen LogP contribution in [0.1, 0.15) is 0 Å². The van der Waals surface area contributed by atoms with Gasteiger partial charge in [0, 0.05) is 4.47 Å². The molecule has 128 valence electrons. The Morgan fingerprint density at radius 2 is 0.963 bits per heavy atom. The van der Waals surface area contributed by atoms with Crippen molar-refractivity contribution in [3.63, 3.8) is 0 Å². The quantitative estimate of drug-likeness (QED) is 0.276. The highest BCUT2D eigenvalue weighted by molar-refractivity contribution is 9.10. The molecule has 5 aromatic rings. The Morgan fingerprint density at radius 3 is 1.70 bits per heavy atom. The number of rotatable bonds is 2. The summed E-state index contributed by atoms with van der Waals surface area (Å²) in [5, 5.41) is 5.08. The maximum atomic E-state index is 3.67. The van der Waals surface area contributed by atoms with Crippen LogP contribution >= 0.6 is 15.9 Å². The lowest BCUT2D eigenvalue weighted by Gasteiger charge is -2.11. The van der Waals surface area contributed by atoms with Crippen LogP contribution in [0.5, 0.6) is 0 Å². The molecular weight excluding hydrogens is 392 g/mol. The van der Waals surface area contributed by atoms with E-state index >= 15 is 0 Å². The lowest BCUT2D eigenvalue weighted by molar-refractivity contribution is 1.62. The van der Waals surface area contributed by atoms with E-state index in [0.29, 0.717) is 0 Å². The van der Waals surface area contributed by atoms with Gasteiger partial charge in [0.1, 0.15) is 0 Å². The van der Waals surface area contributed by atoms with E-state index in [0.717, 1.165) is 4.47 Å². The van der Waals surface area contributed by atoms with Gasteiger partial charge >= 0.3 is 0 Å². The molecule has 0 bridgehead atoms. The third kappa shape index (κ3) is 2.85. The number of halogens is 1. The van der Waals surface area contributed by atoms with E-state index in [2.05, 4.69) is 119 Å². The molecule has 0 saturated heterocycles. The van der Waals surface area contributed by atoms with Crippen molar-refractivity contribution in [3.05, 3.63) is 108 Å². The van der Waals surface area contributed by atoms with Gasteiger partial charge in [-0.1, -0.05) is 113 Å². The van der Waals surface area contributed by atoms with E-state index in [1.54, 1.807) is 0 Å². The fraction of sp³-hybridized carbons (Fsp3) is 0. The molecule has 0 aliphatic heterocycles. The summed E-state index contributed by atoms with van der Waals surface area (Å²) in [5.74, 6) is 0. The van der Waals surface area contributed by atoms with E-state index in [1.165, 1.54) is 43.8 Å². The predicted octanol–water partition coefficient (Wildman–Crippen LogP) is 8.09. The van der Waals surface area contributed by atoms with Gasteiger partial charge in [0.05, 0.1) is 0 Å². The van der Waals surface area contributed by atoms with E-state index in [1.807, 2.05) is 0 Å². The average molecular weight is 409 g/mol. The van der Waals surface area contributed by atoms with Gasteiger partial charge in [0.2, 0.25) is 0 Å². The molecule has 0 saturated carbocycles. The highest BCUT2D eigenvalue weighted by atomic mass is 79.9. The predicted molar refractivity (Wildman–Crippen MR) is 120 cm³/mol. The minimum atomic E-state index is 1.13. The van der Waals surface area contributed by atoms with Crippen molar-refractivity contribution in [3.8, 4) is 22.3 Å². The van der Waals surface area contributed by atoms with Gasteiger partial charge in [-0.2, -0.15) is 0 Å². The maximum Gasteiger partial charge on any atom is 0.0254 e. The van der Waals surface area contributed by atoms with Gasteiger partial charge in [0.15, 0.2) is 0 Å². The molecule has 1 heteroatoms. The van der Waals surface area contributed by atoms with Gasteiger partial charge < -0.3 is 0 Å². The summed E-state index contributed by atoms with van der Waals surface area (Å²) >= 11 is 3.67. The van der Waals surface area contributed by atoms with Crippen LogP contribution < -0.4 is 0 Å². The number of hydrogen-bond acceptors (Lipinski definition) is 0. The lowest BCUT2D eigenvalue weighted by atomic mass is 9.94. The summed E-state index contributed by atoms with van der Waals surface area (Å²) in [5.41, 5.74) is 5.03. The molecule has 0 aromatic heterocycles. The molecule has 0 nitrogen and oxygen atoms in total. The summed E-state index contributed by atoms with van der Waals surface area (Å²) in [4.78, 5) is 0. The average Bonchev–Trinajstić information content (AvgIpc) is 2.74. The van der Waals surface area contributed by atoms with E-state index in [-0.39, 0.29) is 0 Å². The summed E-state index contributed by atoms with van der Waals surface area (Å²) in [7, 11) is 0. The Hall–Kier alpha value is -2.90. The first-order chi connectivity index (χ1) is 13.3. The Labute approximate surface area is 167 Å². The Bertz CT molecular complexity index is 1260. The molecule has 0 N–H and O–H groups in total. The number of benzene rings is 5. The highest BCUT2D eigenvalue weighted by Gasteiger charge is 2.08. The topological polar surface area (TPSA) is 0 Å². The molecule has 0 aliphatic carbocycles. The van der Waals surface area contributed by atoms with Crippen molar-refractivity contribution < 1.29 is 0 Å². The Balaban J connectivity index is 1.63. The van der Waals surface area contributed by atoms with Crippen LogP contribution in [-0.2, 0) is 0 Å². The number of fused-ring (bicyclic) bond motifs is 2. The first-order valence-corrected chi connectivity index (χ1v) is 9.86. The molecule has 5 aromatic carbocycles. The van der Waals surface area contributed by atoms with Crippen molar-refractivity contribution in [2.75, 3.05) is 0 Å². The lowest BCUT2D eigenvalue weighted by Crippen LogP contribution is -1.85. The second-order valence-electron chi connectivity index (χ2n) is 6.74. The van der Waals surface area contributed by atoms with E-state index < -0.39 is 0 Å². The molecule has 5 rings (SSSR count). The molecule has 27 heavy (non-hydrogen) atoms. The van der Waals surface area contributed by atoms with Crippen molar-refractivity contribution in [1.29, 1.82) is 0 Å². The Kier molecular flexibility index (Phi) is 4.03. The second kappa shape index (κ2) is 6.68. The van der Waals surface area contributed by atoms with Gasteiger partial charge in [-0.05, 0) is 49.9 Å². The molecule has 0 amide bonds. The monoisotopic (exact) mass is 408 g/mol. The molecule has 0 aliphatic rings. The largest absolute Gasteiger partial charge is 0.0616 e. The maximum absolute atomic E-state index is 3.67. The first-order valence-electron chi connectivity index (χ1n) is 9.07. The second-order valence-corrected chi connectivity index (χ2v) is 7.60. The minimum Gasteiger partial charge on any atom is -0.0616 e. The normalized spacial score (nSPS) is 11.1. The standard InChI is InChI=1S/C26H17Br/c27-26-17-16-23(24-9-3-4-10-25(24)26)20-14-12-19(13-15-20)22-11-5-7-18-6-1-2-8-21(18)22/h1-17H. The summed E-state index contributed by atoms with van der Waals surface area (Å²) in [6, 6.07) is 36.8. The smallest absolute Gasteiger partial charge is 0.0254 e. The third-order valence-electron chi connectivity index (χ3n) is 5.17. The van der Waals surface area contributed by atoms with Gasteiger partial charge in [-0.15, -0.1) is 0 Å². The zero-order valence-electron chi connectivity index (χ0n) is 14.7. The van der Waals surface area contributed by atoms with Crippen molar-refractivity contribution in [2.45, 2.75) is 0 Å². The minimum absolute atomic E-state index is 1.13. The van der Waals surface area contributed by atoms with Crippen LogP contribution in [-0.4, -0.2) is 0 Å². The molecule has 0 unspecified atom stereocenters. The van der Waals surface area contributed by atoms with Crippen molar-refractivity contribution in [2.24, 2.45) is 0 Å². The molecule has 0 spiro atoms. The zero-order valence-corrected chi connectivity index (χ0v) is 16.3. The zero-order chi connectivity index (χ0) is 18.2. The molecule has 0 atom stereocenters. The van der Waals surface area contributed by atoms with E-state index in [9.17, 15) is 0 Å². The van der Waals surface area contributed by atoms with Gasteiger partial charge in [0.25, 0.3) is 0 Å². The summed E-state index contributed by atoms with van der Waals surface area (Å²) < 4.78 is 1.13. The highest BCUT2D eigenvalue weighted by Crippen LogP contribution is 2.35. The molecular formula is C26H17Br. The fourth-order valence-corrected chi connectivity index (χ4v) is 4.30. The number of hydrogen-bond donors (Lipinski definition) is 0. The molecule has 0 radical (unpaired) electrons. The van der Waals surface area contributed by atoms with Crippen molar-refractivity contribution >= 4 is 37.5 Å². The molecule has 0 fully saturated rings. The fourth-order valence-electron chi connectivity index (χ4n) is 3.82. The first kappa shape index (κ1) is 16.3. The van der Waals surface area contributed by atoms with Crippen LogP contribution in [0.15, 0.2) is 108 Å². The van der Waals surface area contributed by atoms with Gasteiger partial charge in [-0.3, -0.25) is 0 Å². The third-order valence-corrected chi connectivity index (χ3v) is 5.86. The van der Waals surface area contributed by atoms with Gasteiger partial charge in [-0.25, -0.2) is 0 Å². The van der Waals surface area contributed by atoms with E-state index in [4.69, 9.17) is 0 Å². The van der Waals surface area contributed by atoms with Crippen LogP contribution in [0.25, 0.3) is 43.8 Å². The summed E-state index contributed by atoms with van der Waals surface area (Å²) in [6.45, 7) is 0. The SMILES string of the molecule is Brc1ccc(-c2ccc(-c3cccc4ccccc34)cc2)c2ccccc12. The van der Waals surface area contributed by atoms with Crippen LogP contribution in [0, 0.1) is 0 Å². The summed E-state index contributed by atoms with van der Waals surface area (Å²) in [6.07, 6.45) is 0. The molecule has 0 heterocycles. The Morgan fingerprint density at radius 1 is 0.407 bits per heavy atom.